The van der Waals surface area contributed by atoms with E-state index in [1.54, 1.807) is 12.4 Å². The molecule has 0 amide bonds. The first kappa shape index (κ1) is 5.73. The Kier molecular flexibility index (Phi) is 2.81. The van der Waals surface area contributed by atoms with Crippen LogP contribution >= 0.6 is 0 Å². The number of hydrogen-bond donors (Lipinski definition) is 0. The molecule has 1 aromatic heterocycles. The van der Waals surface area contributed by atoms with Gasteiger partial charge in [-0.3, -0.25) is 0 Å². The number of hydrogen-bond acceptors (Lipinski definition) is 1. The van der Waals surface area contributed by atoms with Gasteiger partial charge < -0.3 is 9.97 Å². The van der Waals surface area contributed by atoms with E-state index in [4.69, 9.17) is 0 Å². The molecule has 0 fully saturated rings. The van der Waals surface area contributed by atoms with Crippen molar-refractivity contribution in [3.63, 3.8) is 0 Å². The van der Waals surface area contributed by atoms with Crippen molar-refractivity contribution in [3.05, 3.63) is 18.7 Å². The van der Waals surface area contributed by atoms with Gasteiger partial charge in [0.1, 0.15) is 0 Å². The zero-order valence-corrected chi connectivity index (χ0v) is 3.87. The molecule has 0 unspecified atom stereocenters. The molecule has 0 aromatic carbocycles. The van der Waals surface area contributed by atoms with Gasteiger partial charge in [-0.05, 0) is 0 Å². The van der Waals surface area contributed by atoms with E-state index in [9.17, 15) is 0 Å². The van der Waals surface area contributed by atoms with Gasteiger partial charge >= 0.3 is 17.1 Å². The topological polar surface area (TPSA) is 27.0 Å². The first-order chi connectivity index (χ1) is 2.50. The third kappa shape index (κ3) is 1.24. The number of aromatic nitrogens is 2. The molecule has 0 radical (unpaired) electrons. The number of imidazole rings is 1. The molecule has 0 saturated carbocycles. The SMILES string of the molecule is [Cu+].c1c[n-]cn1. The summed E-state index contributed by atoms with van der Waals surface area (Å²) in [4.78, 5) is 7.22. The third-order valence-electron chi connectivity index (χ3n) is 0.372. The molecular formula is C3H3CuN2. The van der Waals surface area contributed by atoms with Crippen molar-refractivity contribution in [3.8, 4) is 0 Å². The number of rotatable bonds is 0. The number of nitrogens with zero attached hydrogens (tertiary/aromatic N) is 2. The Bertz CT molecular complexity index is 65.3. The van der Waals surface area contributed by atoms with Crippen LogP contribution in [-0.2, 0) is 17.1 Å². The van der Waals surface area contributed by atoms with Gasteiger partial charge in [0, 0.05) is 0 Å². The summed E-state index contributed by atoms with van der Waals surface area (Å²) in [5, 5.41) is 0. The van der Waals surface area contributed by atoms with Crippen LogP contribution in [0.5, 0.6) is 0 Å². The summed E-state index contributed by atoms with van der Waals surface area (Å²) < 4.78 is 0. The van der Waals surface area contributed by atoms with E-state index in [1.165, 1.54) is 6.33 Å². The van der Waals surface area contributed by atoms with Gasteiger partial charge in [0.25, 0.3) is 0 Å². The first-order valence-corrected chi connectivity index (χ1v) is 1.37. The molecule has 3 heteroatoms. The van der Waals surface area contributed by atoms with Crippen LogP contribution in [0.4, 0.5) is 0 Å². The van der Waals surface area contributed by atoms with Crippen molar-refractivity contribution >= 4 is 0 Å². The quantitative estimate of drug-likeness (QED) is 0.464. The normalized spacial score (nSPS) is 6.67. The minimum absolute atomic E-state index is 0. The van der Waals surface area contributed by atoms with E-state index in [0.717, 1.165) is 0 Å². The van der Waals surface area contributed by atoms with Crippen molar-refractivity contribution in [2.24, 2.45) is 0 Å². The zero-order valence-electron chi connectivity index (χ0n) is 2.93. The van der Waals surface area contributed by atoms with Crippen LogP contribution in [0, 0.1) is 0 Å². The Morgan fingerprint density at radius 1 is 1.50 bits per heavy atom. The Balaban J connectivity index is 0.000000250. The molecule has 0 spiro atoms. The Morgan fingerprint density at radius 2 is 2.33 bits per heavy atom. The summed E-state index contributed by atoms with van der Waals surface area (Å²) >= 11 is 0. The van der Waals surface area contributed by atoms with E-state index < -0.39 is 0 Å². The molecule has 0 atom stereocenters. The molecule has 0 aliphatic heterocycles. The van der Waals surface area contributed by atoms with Gasteiger partial charge in [-0.25, -0.2) is 0 Å². The largest absolute Gasteiger partial charge is 1.00 e. The predicted octanol–water partition coefficient (Wildman–Crippen LogP) is 0.0363. The summed E-state index contributed by atoms with van der Waals surface area (Å²) in [7, 11) is 0. The van der Waals surface area contributed by atoms with E-state index >= 15 is 0 Å². The standard InChI is InChI=1S/C3H3N2.Cu/c1-2-5-3-4-1;/h1-3H;/q-1;+1. The van der Waals surface area contributed by atoms with Gasteiger partial charge in [0.2, 0.25) is 0 Å². The molecule has 1 rings (SSSR count). The van der Waals surface area contributed by atoms with Gasteiger partial charge in [-0.2, -0.15) is 0 Å². The van der Waals surface area contributed by atoms with Gasteiger partial charge in [-0.1, -0.05) is 18.7 Å². The average Bonchev–Trinajstić information content (AvgIpc) is 1.76. The minimum Gasteiger partial charge on any atom is -0.450 e. The maximum absolute atomic E-state index is 3.61. The van der Waals surface area contributed by atoms with Crippen LogP contribution in [-0.4, -0.2) is 4.98 Å². The summed E-state index contributed by atoms with van der Waals surface area (Å²) in [6.45, 7) is 0. The Morgan fingerprint density at radius 3 is 2.50 bits per heavy atom. The third-order valence-corrected chi connectivity index (χ3v) is 0.372. The summed E-state index contributed by atoms with van der Waals surface area (Å²) in [6.07, 6.45) is 4.78. The summed E-state index contributed by atoms with van der Waals surface area (Å²) in [5.41, 5.74) is 0. The maximum Gasteiger partial charge on any atom is 1.00 e. The predicted molar refractivity (Wildman–Crippen MR) is 17.6 cm³/mol. The molecular weight excluding hydrogens is 128 g/mol. The van der Waals surface area contributed by atoms with Crippen molar-refractivity contribution in [2.45, 2.75) is 0 Å². The zero-order chi connectivity index (χ0) is 3.54. The molecule has 2 nitrogen and oxygen atoms in total. The molecule has 1 heterocycles. The maximum atomic E-state index is 3.61. The summed E-state index contributed by atoms with van der Waals surface area (Å²) in [5.74, 6) is 0. The first-order valence-electron chi connectivity index (χ1n) is 1.37. The van der Waals surface area contributed by atoms with Crippen LogP contribution in [0.15, 0.2) is 18.7 Å². The van der Waals surface area contributed by atoms with Gasteiger partial charge in [0.05, 0.1) is 0 Å². The fraction of sp³-hybridized carbons (Fsp3) is 0. The second-order valence-corrected chi connectivity index (χ2v) is 0.712. The van der Waals surface area contributed by atoms with Gasteiger partial charge in [0.15, 0.2) is 0 Å². The van der Waals surface area contributed by atoms with E-state index in [1.807, 2.05) is 0 Å². The van der Waals surface area contributed by atoms with Crippen LogP contribution in [0.3, 0.4) is 0 Å². The second kappa shape index (κ2) is 2.94. The van der Waals surface area contributed by atoms with Crippen molar-refractivity contribution in [1.82, 2.24) is 9.97 Å². The molecule has 0 N–H and O–H groups in total. The minimum atomic E-state index is 0. The van der Waals surface area contributed by atoms with E-state index in [-0.39, 0.29) is 17.1 Å². The molecule has 36 valence electrons. The average molecular weight is 131 g/mol. The van der Waals surface area contributed by atoms with E-state index in [2.05, 4.69) is 9.97 Å². The van der Waals surface area contributed by atoms with Crippen LogP contribution in [0.2, 0.25) is 0 Å². The van der Waals surface area contributed by atoms with Gasteiger partial charge in [-0.15, -0.1) is 0 Å². The van der Waals surface area contributed by atoms with Crippen LogP contribution in [0.25, 0.3) is 0 Å². The molecule has 0 saturated heterocycles. The molecule has 0 bridgehead atoms. The van der Waals surface area contributed by atoms with Crippen LogP contribution < -0.4 is 4.98 Å². The van der Waals surface area contributed by atoms with Crippen LogP contribution in [0.1, 0.15) is 0 Å². The second-order valence-electron chi connectivity index (χ2n) is 0.712. The fourth-order valence-electron chi connectivity index (χ4n) is 0.192. The molecule has 6 heavy (non-hydrogen) atoms. The van der Waals surface area contributed by atoms with Crippen molar-refractivity contribution < 1.29 is 17.1 Å². The smallest absolute Gasteiger partial charge is 0.450 e. The Hall–Kier alpha value is -0.271. The Labute approximate surface area is 46.5 Å². The fourth-order valence-corrected chi connectivity index (χ4v) is 0.192. The molecule has 0 aliphatic carbocycles. The van der Waals surface area contributed by atoms with Crippen molar-refractivity contribution in [2.75, 3.05) is 0 Å². The molecule has 1 aromatic rings. The molecule has 0 aliphatic rings. The van der Waals surface area contributed by atoms with Crippen molar-refractivity contribution in [1.29, 1.82) is 0 Å². The monoisotopic (exact) mass is 130 g/mol. The summed E-state index contributed by atoms with van der Waals surface area (Å²) in [6, 6.07) is 0. The van der Waals surface area contributed by atoms with E-state index in [0.29, 0.717) is 0 Å².